The Morgan fingerprint density at radius 3 is 2.56 bits per heavy atom. The van der Waals surface area contributed by atoms with Gasteiger partial charge in [-0.25, -0.2) is 4.79 Å². The predicted octanol–water partition coefficient (Wildman–Crippen LogP) is 1.52. The molecule has 1 aromatic rings. The van der Waals surface area contributed by atoms with Gasteiger partial charge in [-0.15, -0.1) is 0 Å². The van der Waals surface area contributed by atoms with Crippen molar-refractivity contribution in [3.05, 3.63) is 29.8 Å². The highest BCUT2D eigenvalue weighted by atomic mass is 16.5. The summed E-state index contributed by atoms with van der Waals surface area (Å²) in [6.45, 7) is 2.25. The van der Waals surface area contributed by atoms with Gasteiger partial charge in [0.1, 0.15) is 5.84 Å². The molecule has 0 saturated heterocycles. The fourth-order valence-corrected chi connectivity index (χ4v) is 1.04. The number of hydrogen-bond acceptors (Lipinski definition) is 3. The Morgan fingerprint density at radius 1 is 1.38 bits per heavy atom. The Bertz CT molecular complexity index is 385. The largest absolute Gasteiger partial charge is 0.448 e. The van der Waals surface area contributed by atoms with Crippen LogP contribution in [-0.4, -0.2) is 18.5 Å². The molecule has 0 atom stereocenters. The number of anilines is 1. The maximum Gasteiger partial charge on any atom is 0.435 e. The van der Waals surface area contributed by atoms with Gasteiger partial charge in [0.2, 0.25) is 0 Å². The van der Waals surface area contributed by atoms with Crippen LogP contribution in [0.1, 0.15) is 18.9 Å². The molecular weight excluding hydrogens is 206 g/mol. The van der Waals surface area contributed by atoms with Gasteiger partial charge in [0.05, 0.1) is 6.61 Å². The number of carbonyl (C=O) groups is 1. The van der Waals surface area contributed by atoms with Crippen LogP contribution in [-0.2, 0) is 4.74 Å². The van der Waals surface area contributed by atoms with E-state index in [2.05, 4.69) is 4.99 Å². The van der Waals surface area contributed by atoms with E-state index in [0.29, 0.717) is 17.9 Å². The molecule has 0 aliphatic rings. The molecule has 0 spiro atoms. The van der Waals surface area contributed by atoms with E-state index in [1.807, 2.05) is 6.92 Å². The van der Waals surface area contributed by atoms with E-state index >= 15 is 0 Å². The minimum Gasteiger partial charge on any atom is -0.448 e. The fraction of sp³-hybridized carbons (Fsp3) is 0.273. The molecule has 0 bridgehead atoms. The molecule has 1 amide bonds. The van der Waals surface area contributed by atoms with Crippen molar-refractivity contribution >= 4 is 17.6 Å². The summed E-state index contributed by atoms with van der Waals surface area (Å²) in [5.74, 6) is 0.126. The number of nitrogens with zero attached hydrogens (tertiary/aromatic N) is 1. The van der Waals surface area contributed by atoms with Crippen LogP contribution in [0.5, 0.6) is 0 Å². The van der Waals surface area contributed by atoms with Crippen molar-refractivity contribution in [3.8, 4) is 0 Å². The molecule has 0 saturated carbocycles. The summed E-state index contributed by atoms with van der Waals surface area (Å²) < 4.78 is 4.78. The van der Waals surface area contributed by atoms with Crippen LogP contribution in [0, 0.1) is 0 Å². The number of nitrogen functional groups attached to an aromatic ring is 1. The highest BCUT2D eigenvalue weighted by Gasteiger charge is 2.03. The highest BCUT2D eigenvalue weighted by molar-refractivity contribution is 6.02. The topological polar surface area (TPSA) is 90.7 Å². The van der Waals surface area contributed by atoms with Crippen molar-refractivity contribution in [3.63, 3.8) is 0 Å². The third-order valence-electron chi connectivity index (χ3n) is 1.85. The Labute approximate surface area is 94.1 Å². The molecule has 0 aliphatic heterocycles. The number of ether oxygens (including phenoxy) is 1. The molecular formula is C11H15N3O2. The van der Waals surface area contributed by atoms with Gasteiger partial charge in [0.25, 0.3) is 0 Å². The van der Waals surface area contributed by atoms with Crippen LogP contribution < -0.4 is 11.5 Å². The van der Waals surface area contributed by atoms with Gasteiger partial charge in [-0.1, -0.05) is 6.92 Å². The second-order valence-electron chi connectivity index (χ2n) is 3.23. The quantitative estimate of drug-likeness (QED) is 0.460. The number of hydrogen-bond donors (Lipinski definition) is 2. The third kappa shape index (κ3) is 3.61. The lowest BCUT2D eigenvalue weighted by Crippen LogP contribution is -2.16. The van der Waals surface area contributed by atoms with Gasteiger partial charge in [0, 0.05) is 11.3 Å². The van der Waals surface area contributed by atoms with E-state index in [1.54, 1.807) is 24.3 Å². The van der Waals surface area contributed by atoms with Crippen molar-refractivity contribution < 1.29 is 9.53 Å². The Kier molecular flexibility index (Phi) is 4.32. The minimum atomic E-state index is -0.670. The van der Waals surface area contributed by atoms with Gasteiger partial charge in [0.15, 0.2) is 0 Å². The zero-order chi connectivity index (χ0) is 12.0. The summed E-state index contributed by atoms with van der Waals surface area (Å²) in [6, 6.07) is 6.77. The summed E-state index contributed by atoms with van der Waals surface area (Å²) in [5.41, 5.74) is 12.4. The SMILES string of the molecule is CCCOC(=O)N=C(N)c1ccc(N)cc1. The van der Waals surface area contributed by atoms with E-state index in [0.717, 1.165) is 6.42 Å². The third-order valence-corrected chi connectivity index (χ3v) is 1.85. The Morgan fingerprint density at radius 2 is 2.00 bits per heavy atom. The van der Waals surface area contributed by atoms with Gasteiger partial charge >= 0.3 is 6.09 Å². The molecule has 16 heavy (non-hydrogen) atoms. The first-order valence-corrected chi connectivity index (χ1v) is 5.00. The van der Waals surface area contributed by atoms with Crippen LogP contribution >= 0.6 is 0 Å². The van der Waals surface area contributed by atoms with Crippen molar-refractivity contribution in [2.24, 2.45) is 10.7 Å². The lowest BCUT2D eigenvalue weighted by atomic mass is 10.2. The fourth-order valence-electron chi connectivity index (χ4n) is 1.04. The van der Waals surface area contributed by atoms with Crippen molar-refractivity contribution in [1.82, 2.24) is 0 Å². The van der Waals surface area contributed by atoms with Crippen LogP contribution in [0.4, 0.5) is 10.5 Å². The number of nitrogens with two attached hydrogens (primary N) is 2. The molecule has 5 heteroatoms. The smallest absolute Gasteiger partial charge is 0.435 e. The summed E-state index contributed by atoms with van der Waals surface area (Å²) in [4.78, 5) is 14.7. The zero-order valence-corrected chi connectivity index (χ0v) is 9.14. The molecule has 0 unspecified atom stereocenters. The van der Waals surface area contributed by atoms with Crippen LogP contribution in [0.3, 0.4) is 0 Å². The second-order valence-corrected chi connectivity index (χ2v) is 3.23. The molecule has 0 fully saturated rings. The maximum absolute atomic E-state index is 11.1. The number of amides is 1. The predicted molar refractivity (Wildman–Crippen MR) is 63.2 cm³/mol. The van der Waals surface area contributed by atoms with Crippen LogP contribution in [0.25, 0.3) is 0 Å². The van der Waals surface area contributed by atoms with Crippen molar-refractivity contribution in [2.45, 2.75) is 13.3 Å². The first-order chi connectivity index (χ1) is 7.63. The van der Waals surface area contributed by atoms with Crippen LogP contribution in [0.15, 0.2) is 29.3 Å². The molecule has 0 heterocycles. The molecule has 86 valence electrons. The molecule has 1 rings (SSSR count). The zero-order valence-electron chi connectivity index (χ0n) is 9.14. The number of benzene rings is 1. The highest BCUT2D eigenvalue weighted by Crippen LogP contribution is 2.05. The lowest BCUT2D eigenvalue weighted by molar-refractivity contribution is 0.157. The number of carbonyl (C=O) groups excluding carboxylic acids is 1. The number of aliphatic imine (C=N–C) groups is 1. The minimum absolute atomic E-state index is 0.126. The Balaban J connectivity index is 2.69. The van der Waals surface area contributed by atoms with Crippen molar-refractivity contribution in [2.75, 3.05) is 12.3 Å². The molecule has 0 aromatic heterocycles. The first-order valence-electron chi connectivity index (χ1n) is 5.00. The molecule has 0 radical (unpaired) electrons. The van der Waals surface area contributed by atoms with E-state index in [9.17, 15) is 4.79 Å². The van der Waals surface area contributed by atoms with Gasteiger partial charge in [-0.05, 0) is 30.7 Å². The average molecular weight is 221 g/mol. The van der Waals surface area contributed by atoms with E-state index < -0.39 is 6.09 Å². The standard InChI is InChI=1S/C11H15N3O2/c1-2-7-16-11(15)14-10(13)8-3-5-9(12)6-4-8/h3-6H,2,7,12H2,1H3,(H2,13,14,15). The van der Waals surface area contributed by atoms with E-state index in [1.165, 1.54) is 0 Å². The summed E-state index contributed by atoms with van der Waals surface area (Å²) in [5, 5.41) is 0. The van der Waals surface area contributed by atoms with Crippen molar-refractivity contribution in [1.29, 1.82) is 0 Å². The van der Waals surface area contributed by atoms with Gasteiger partial charge < -0.3 is 16.2 Å². The second kappa shape index (κ2) is 5.75. The van der Waals surface area contributed by atoms with Gasteiger partial charge in [-0.3, -0.25) is 0 Å². The van der Waals surface area contributed by atoms with Crippen LogP contribution in [0.2, 0.25) is 0 Å². The maximum atomic E-state index is 11.1. The lowest BCUT2D eigenvalue weighted by Gasteiger charge is -2.01. The summed E-state index contributed by atoms with van der Waals surface area (Å²) >= 11 is 0. The van der Waals surface area contributed by atoms with Gasteiger partial charge in [-0.2, -0.15) is 4.99 Å². The normalized spacial score (nSPS) is 11.2. The molecule has 4 N–H and O–H groups in total. The number of amidine groups is 1. The summed E-state index contributed by atoms with van der Waals surface area (Å²) in [6.07, 6.45) is 0.0828. The first kappa shape index (κ1) is 12.0. The Hall–Kier alpha value is -2.04. The average Bonchev–Trinajstić information content (AvgIpc) is 2.27. The monoisotopic (exact) mass is 221 g/mol. The number of rotatable bonds is 3. The molecule has 1 aromatic carbocycles. The molecule has 0 aliphatic carbocycles. The summed E-state index contributed by atoms with van der Waals surface area (Å²) in [7, 11) is 0. The van der Waals surface area contributed by atoms with E-state index in [4.69, 9.17) is 16.2 Å². The van der Waals surface area contributed by atoms with E-state index in [-0.39, 0.29) is 5.84 Å². The molecule has 5 nitrogen and oxygen atoms in total.